The molecule has 2 aromatic heterocycles. The molecular formula is C19H17ClF3N5O. The first-order chi connectivity index (χ1) is 13.7. The van der Waals surface area contributed by atoms with Crippen molar-refractivity contribution in [1.29, 1.82) is 0 Å². The molecule has 0 unspecified atom stereocenters. The summed E-state index contributed by atoms with van der Waals surface area (Å²) in [6.45, 7) is 1.90. The molecule has 3 aromatic rings. The predicted octanol–water partition coefficient (Wildman–Crippen LogP) is 3.72. The fourth-order valence-electron chi connectivity index (χ4n) is 3.88. The minimum Gasteiger partial charge on any atom is -0.313 e. The Kier molecular flexibility index (Phi) is 4.72. The summed E-state index contributed by atoms with van der Waals surface area (Å²) in [5, 5.41) is 8.60. The van der Waals surface area contributed by atoms with Crippen LogP contribution in [0.2, 0.25) is 5.02 Å². The van der Waals surface area contributed by atoms with Crippen molar-refractivity contribution in [1.82, 2.24) is 25.0 Å². The lowest BCUT2D eigenvalue weighted by atomic mass is 9.83. The van der Waals surface area contributed by atoms with Gasteiger partial charge in [-0.1, -0.05) is 22.9 Å². The maximum Gasteiger partial charge on any atom is 0.416 e. The predicted molar refractivity (Wildman–Crippen MR) is 99.8 cm³/mol. The van der Waals surface area contributed by atoms with Crippen LogP contribution in [0, 0.1) is 0 Å². The zero-order chi connectivity index (χ0) is 20.8. The summed E-state index contributed by atoms with van der Waals surface area (Å²) in [6.07, 6.45) is -0.592. The second-order valence-corrected chi connectivity index (χ2v) is 7.70. The molecule has 0 saturated heterocycles. The number of fused-ring (bicyclic) bond motifs is 1. The van der Waals surface area contributed by atoms with E-state index in [1.54, 1.807) is 4.68 Å². The van der Waals surface area contributed by atoms with E-state index in [0.717, 1.165) is 30.7 Å². The van der Waals surface area contributed by atoms with E-state index >= 15 is 0 Å². The normalized spacial score (nSPS) is 19.2. The second-order valence-electron chi connectivity index (χ2n) is 7.29. The van der Waals surface area contributed by atoms with Crippen molar-refractivity contribution >= 4 is 11.6 Å². The Morgan fingerprint density at radius 1 is 1.31 bits per heavy atom. The molecule has 29 heavy (non-hydrogen) atoms. The van der Waals surface area contributed by atoms with Crippen molar-refractivity contribution in [3.63, 3.8) is 0 Å². The van der Waals surface area contributed by atoms with E-state index in [-0.39, 0.29) is 10.6 Å². The number of aromatic amines is 1. The van der Waals surface area contributed by atoms with Gasteiger partial charge in [-0.2, -0.15) is 13.2 Å². The van der Waals surface area contributed by atoms with E-state index in [2.05, 4.69) is 20.3 Å². The van der Waals surface area contributed by atoms with Crippen LogP contribution in [0.4, 0.5) is 13.2 Å². The van der Waals surface area contributed by atoms with Gasteiger partial charge in [-0.05, 0) is 43.9 Å². The fourth-order valence-corrected chi connectivity index (χ4v) is 4.26. The third-order valence-corrected chi connectivity index (χ3v) is 5.66. The summed E-state index contributed by atoms with van der Waals surface area (Å²) in [6, 6.07) is 4.81. The van der Waals surface area contributed by atoms with Gasteiger partial charge in [-0.15, -0.1) is 5.10 Å². The van der Waals surface area contributed by atoms with Crippen LogP contribution in [-0.2, 0) is 24.6 Å². The van der Waals surface area contributed by atoms with Gasteiger partial charge < -0.3 is 4.98 Å². The standard InChI is InChI=1S/C19H17ClF3N5O/c1-18(13-5-4-11(7-14(13)20)19(21,22)23)6-2-3-16-15(26-27-28(16)18)8-12-9-17(29)25-10-24-12/h4-5,7,9-10H,2-3,6,8H2,1H3,(H,24,25,29)/t18-/m1/s1. The Hall–Kier alpha value is -2.68. The number of nitrogens with zero attached hydrogens (tertiary/aromatic N) is 4. The number of H-pyrrole nitrogens is 1. The summed E-state index contributed by atoms with van der Waals surface area (Å²) in [7, 11) is 0. The number of nitrogens with one attached hydrogen (secondary N) is 1. The molecule has 152 valence electrons. The fraction of sp³-hybridized carbons (Fsp3) is 0.368. The Labute approximate surface area is 168 Å². The first kappa shape index (κ1) is 19.6. The number of hydrogen-bond acceptors (Lipinski definition) is 4. The third-order valence-electron chi connectivity index (χ3n) is 5.35. The van der Waals surface area contributed by atoms with Gasteiger partial charge in [0, 0.05) is 17.5 Å². The monoisotopic (exact) mass is 423 g/mol. The average Bonchev–Trinajstić information content (AvgIpc) is 3.05. The second kappa shape index (κ2) is 6.98. The minimum absolute atomic E-state index is 0.0449. The van der Waals surface area contributed by atoms with Gasteiger partial charge in [-0.25, -0.2) is 9.67 Å². The zero-order valence-electron chi connectivity index (χ0n) is 15.4. The highest BCUT2D eigenvalue weighted by Gasteiger charge is 2.39. The summed E-state index contributed by atoms with van der Waals surface area (Å²) < 4.78 is 40.7. The molecule has 1 atom stereocenters. The van der Waals surface area contributed by atoms with Crippen molar-refractivity contribution in [2.45, 2.75) is 44.3 Å². The number of alkyl halides is 3. The molecule has 0 aliphatic carbocycles. The quantitative estimate of drug-likeness (QED) is 0.696. The number of halogens is 4. The average molecular weight is 424 g/mol. The third kappa shape index (κ3) is 3.55. The van der Waals surface area contributed by atoms with Gasteiger partial charge in [0.05, 0.1) is 34.5 Å². The van der Waals surface area contributed by atoms with Gasteiger partial charge in [0.25, 0.3) is 5.56 Å². The van der Waals surface area contributed by atoms with Gasteiger partial charge >= 0.3 is 6.18 Å². The van der Waals surface area contributed by atoms with E-state index in [0.29, 0.717) is 29.8 Å². The maximum atomic E-state index is 13.0. The molecule has 0 amide bonds. The summed E-state index contributed by atoms with van der Waals surface area (Å²) >= 11 is 6.27. The molecule has 0 bridgehead atoms. The number of rotatable bonds is 3. The summed E-state index contributed by atoms with van der Waals surface area (Å²) in [5.41, 5.74) is 0.939. The first-order valence-corrected chi connectivity index (χ1v) is 9.41. The zero-order valence-corrected chi connectivity index (χ0v) is 16.2. The smallest absolute Gasteiger partial charge is 0.313 e. The highest BCUT2D eigenvalue weighted by molar-refractivity contribution is 6.31. The van der Waals surface area contributed by atoms with Crippen LogP contribution in [0.1, 0.15) is 48.0 Å². The van der Waals surface area contributed by atoms with Crippen molar-refractivity contribution in [2.75, 3.05) is 0 Å². The highest BCUT2D eigenvalue weighted by Crippen LogP contribution is 2.42. The lowest BCUT2D eigenvalue weighted by Gasteiger charge is -2.36. The van der Waals surface area contributed by atoms with Crippen LogP contribution in [0.5, 0.6) is 0 Å². The van der Waals surface area contributed by atoms with Gasteiger partial charge in [0.2, 0.25) is 0 Å². The summed E-state index contributed by atoms with van der Waals surface area (Å²) in [4.78, 5) is 18.1. The molecule has 6 nitrogen and oxygen atoms in total. The Morgan fingerprint density at radius 3 is 2.79 bits per heavy atom. The lowest BCUT2D eigenvalue weighted by Crippen LogP contribution is -2.37. The van der Waals surface area contributed by atoms with Crippen molar-refractivity contribution in [3.8, 4) is 0 Å². The molecule has 10 heteroatoms. The first-order valence-electron chi connectivity index (χ1n) is 9.03. The number of hydrogen-bond donors (Lipinski definition) is 1. The van der Waals surface area contributed by atoms with E-state index < -0.39 is 17.3 Å². The number of aromatic nitrogens is 5. The van der Waals surface area contributed by atoms with Crippen LogP contribution in [-0.4, -0.2) is 25.0 Å². The van der Waals surface area contributed by atoms with Crippen molar-refractivity contribution < 1.29 is 13.2 Å². The Balaban J connectivity index is 1.73. The molecule has 0 radical (unpaired) electrons. The topological polar surface area (TPSA) is 76.5 Å². The minimum atomic E-state index is -4.46. The molecule has 1 aliphatic heterocycles. The maximum absolute atomic E-state index is 13.0. The lowest BCUT2D eigenvalue weighted by molar-refractivity contribution is -0.137. The Bertz CT molecular complexity index is 1120. The molecule has 1 aromatic carbocycles. The molecule has 3 heterocycles. The van der Waals surface area contributed by atoms with Crippen LogP contribution in [0.15, 0.2) is 35.4 Å². The molecule has 4 rings (SSSR count). The molecule has 0 spiro atoms. The van der Waals surface area contributed by atoms with Crippen LogP contribution < -0.4 is 5.56 Å². The van der Waals surface area contributed by atoms with E-state index in [1.165, 1.54) is 18.5 Å². The van der Waals surface area contributed by atoms with Crippen LogP contribution in [0.3, 0.4) is 0 Å². The molecule has 1 aliphatic rings. The molecule has 1 N–H and O–H groups in total. The van der Waals surface area contributed by atoms with Gasteiger partial charge in [-0.3, -0.25) is 4.79 Å². The molecule has 0 saturated carbocycles. The van der Waals surface area contributed by atoms with E-state index in [1.807, 2.05) is 6.92 Å². The number of benzene rings is 1. The molecular weight excluding hydrogens is 407 g/mol. The van der Waals surface area contributed by atoms with E-state index in [9.17, 15) is 18.0 Å². The van der Waals surface area contributed by atoms with Gasteiger partial charge in [0.15, 0.2) is 0 Å². The Morgan fingerprint density at radius 2 is 2.10 bits per heavy atom. The van der Waals surface area contributed by atoms with Crippen LogP contribution in [0.25, 0.3) is 0 Å². The van der Waals surface area contributed by atoms with Crippen molar-refractivity contribution in [2.24, 2.45) is 0 Å². The summed E-state index contributed by atoms with van der Waals surface area (Å²) in [5.74, 6) is 0. The largest absolute Gasteiger partial charge is 0.416 e. The van der Waals surface area contributed by atoms with E-state index in [4.69, 9.17) is 11.6 Å². The highest BCUT2D eigenvalue weighted by atomic mass is 35.5. The van der Waals surface area contributed by atoms with Crippen LogP contribution >= 0.6 is 11.6 Å². The SMILES string of the molecule is C[C@]1(c2ccc(C(F)(F)F)cc2Cl)CCCc2c(Cc3cc(=O)[nH]cn3)nnn21. The van der Waals surface area contributed by atoms with Crippen molar-refractivity contribution in [3.05, 3.63) is 74.2 Å². The van der Waals surface area contributed by atoms with Gasteiger partial charge in [0.1, 0.15) is 0 Å². The molecule has 0 fully saturated rings.